The van der Waals surface area contributed by atoms with Crippen LogP contribution >= 0.6 is 27.5 Å². The van der Waals surface area contributed by atoms with Gasteiger partial charge in [-0.1, -0.05) is 46.6 Å². The van der Waals surface area contributed by atoms with Crippen LogP contribution in [0.2, 0.25) is 5.02 Å². The Hall–Kier alpha value is -1.07. The van der Waals surface area contributed by atoms with Gasteiger partial charge >= 0.3 is 0 Å². The van der Waals surface area contributed by atoms with Crippen molar-refractivity contribution in [3.8, 4) is 5.75 Å². The summed E-state index contributed by atoms with van der Waals surface area (Å²) in [6.07, 6.45) is 0. The summed E-state index contributed by atoms with van der Waals surface area (Å²) < 4.78 is 6.98. The molecule has 2 rings (SSSR count). The quantitative estimate of drug-likeness (QED) is 0.738. The number of aliphatic hydroxyl groups is 1. The molecule has 0 amide bonds. The van der Waals surface area contributed by atoms with E-state index >= 15 is 0 Å². The SMILES string of the molecule is CCN(C)Cc1cc(Br)cc(CO)c1OCc1ccc(Cl)cc1. The molecule has 0 atom stereocenters. The third-order valence-electron chi connectivity index (χ3n) is 3.65. The van der Waals surface area contributed by atoms with Crippen LogP contribution in [0.1, 0.15) is 23.6 Å². The van der Waals surface area contributed by atoms with Gasteiger partial charge < -0.3 is 14.7 Å². The van der Waals surface area contributed by atoms with E-state index in [0.717, 1.165) is 40.0 Å². The van der Waals surface area contributed by atoms with Crippen molar-refractivity contribution in [3.05, 3.63) is 62.6 Å². The molecule has 124 valence electrons. The van der Waals surface area contributed by atoms with Gasteiger partial charge in [0.1, 0.15) is 12.4 Å². The van der Waals surface area contributed by atoms with Gasteiger partial charge in [-0.25, -0.2) is 0 Å². The third kappa shape index (κ3) is 5.21. The zero-order valence-electron chi connectivity index (χ0n) is 13.4. The van der Waals surface area contributed by atoms with Gasteiger partial charge in [0.05, 0.1) is 6.61 Å². The van der Waals surface area contributed by atoms with Gasteiger partial charge in [0.25, 0.3) is 0 Å². The van der Waals surface area contributed by atoms with Gasteiger partial charge in [-0.3, -0.25) is 0 Å². The number of nitrogens with zero attached hydrogens (tertiary/aromatic N) is 1. The van der Waals surface area contributed by atoms with Crippen molar-refractivity contribution in [3.63, 3.8) is 0 Å². The lowest BCUT2D eigenvalue weighted by Crippen LogP contribution is -2.18. The molecule has 0 aliphatic carbocycles. The van der Waals surface area contributed by atoms with Crippen molar-refractivity contribution in [2.24, 2.45) is 0 Å². The first-order chi connectivity index (χ1) is 11.0. The van der Waals surface area contributed by atoms with E-state index in [-0.39, 0.29) is 6.61 Å². The predicted molar refractivity (Wildman–Crippen MR) is 97.9 cm³/mol. The van der Waals surface area contributed by atoms with Crippen molar-refractivity contribution in [1.29, 1.82) is 0 Å². The zero-order chi connectivity index (χ0) is 16.8. The minimum Gasteiger partial charge on any atom is -0.488 e. The molecule has 3 nitrogen and oxygen atoms in total. The molecular weight excluding hydrogens is 378 g/mol. The summed E-state index contributed by atoms with van der Waals surface area (Å²) in [7, 11) is 2.06. The van der Waals surface area contributed by atoms with E-state index in [4.69, 9.17) is 16.3 Å². The van der Waals surface area contributed by atoms with Crippen molar-refractivity contribution < 1.29 is 9.84 Å². The van der Waals surface area contributed by atoms with E-state index in [2.05, 4.69) is 34.8 Å². The molecule has 0 aromatic heterocycles. The molecule has 0 saturated heterocycles. The Morgan fingerprint density at radius 2 is 1.83 bits per heavy atom. The topological polar surface area (TPSA) is 32.7 Å². The van der Waals surface area contributed by atoms with Crippen LogP contribution in [0, 0.1) is 0 Å². The highest BCUT2D eigenvalue weighted by Gasteiger charge is 2.13. The third-order valence-corrected chi connectivity index (χ3v) is 4.36. The van der Waals surface area contributed by atoms with Crippen LogP contribution in [0.25, 0.3) is 0 Å². The molecule has 0 spiro atoms. The lowest BCUT2D eigenvalue weighted by Gasteiger charge is -2.20. The van der Waals surface area contributed by atoms with Gasteiger partial charge in [0.2, 0.25) is 0 Å². The highest BCUT2D eigenvalue weighted by Crippen LogP contribution is 2.30. The first kappa shape index (κ1) is 18.3. The van der Waals surface area contributed by atoms with Crippen LogP contribution in [-0.2, 0) is 19.8 Å². The average molecular weight is 399 g/mol. The molecule has 0 aliphatic heterocycles. The summed E-state index contributed by atoms with van der Waals surface area (Å²) in [5.74, 6) is 0.756. The second-order valence-electron chi connectivity index (χ2n) is 5.46. The summed E-state index contributed by atoms with van der Waals surface area (Å²) >= 11 is 9.41. The predicted octanol–water partition coefficient (Wildman–Crippen LogP) is 4.63. The summed E-state index contributed by atoms with van der Waals surface area (Å²) in [5, 5.41) is 10.4. The van der Waals surface area contributed by atoms with E-state index < -0.39 is 0 Å². The number of hydrogen-bond acceptors (Lipinski definition) is 3. The minimum atomic E-state index is -0.0573. The molecule has 0 saturated carbocycles. The molecule has 0 radical (unpaired) electrons. The summed E-state index contributed by atoms with van der Waals surface area (Å²) in [5.41, 5.74) is 2.88. The molecule has 0 fully saturated rings. The second-order valence-corrected chi connectivity index (χ2v) is 6.81. The number of rotatable bonds is 7. The Bertz CT molecular complexity index is 646. The maximum Gasteiger partial charge on any atom is 0.129 e. The molecule has 0 heterocycles. The smallest absolute Gasteiger partial charge is 0.129 e. The molecule has 0 bridgehead atoms. The largest absolute Gasteiger partial charge is 0.488 e. The van der Waals surface area contributed by atoms with Crippen LogP contribution in [0.15, 0.2) is 40.9 Å². The van der Waals surface area contributed by atoms with Crippen molar-refractivity contribution in [1.82, 2.24) is 4.90 Å². The van der Waals surface area contributed by atoms with E-state index in [1.165, 1.54) is 0 Å². The Morgan fingerprint density at radius 3 is 2.43 bits per heavy atom. The Morgan fingerprint density at radius 1 is 1.17 bits per heavy atom. The van der Waals surface area contributed by atoms with Gasteiger partial charge in [0.15, 0.2) is 0 Å². The van der Waals surface area contributed by atoms with Gasteiger partial charge in [-0.05, 0) is 43.4 Å². The Kier molecular flexibility index (Phi) is 6.90. The molecule has 5 heteroatoms. The summed E-state index contributed by atoms with van der Waals surface area (Å²) in [4.78, 5) is 2.19. The number of halogens is 2. The maximum absolute atomic E-state index is 9.66. The van der Waals surface area contributed by atoms with E-state index in [1.807, 2.05) is 36.4 Å². The van der Waals surface area contributed by atoms with Gasteiger partial charge in [-0.15, -0.1) is 0 Å². The highest BCUT2D eigenvalue weighted by molar-refractivity contribution is 9.10. The monoisotopic (exact) mass is 397 g/mol. The lowest BCUT2D eigenvalue weighted by molar-refractivity contribution is 0.253. The Balaban J connectivity index is 2.25. The maximum atomic E-state index is 9.66. The van der Waals surface area contributed by atoms with Gasteiger partial charge in [-0.2, -0.15) is 0 Å². The van der Waals surface area contributed by atoms with E-state index in [1.54, 1.807) is 0 Å². The first-order valence-electron chi connectivity index (χ1n) is 7.51. The normalized spacial score (nSPS) is 11.0. The van der Waals surface area contributed by atoms with Crippen LogP contribution in [0.4, 0.5) is 0 Å². The number of aliphatic hydroxyl groups excluding tert-OH is 1. The zero-order valence-corrected chi connectivity index (χ0v) is 15.7. The van der Waals surface area contributed by atoms with Crippen molar-refractivity contribution >= 4 is 27.5 Å². The molecule has 1 N–H and O–H groups in total. The molecule has 0 aliphatic rings. The molecule has 2 aromatic carbocycles. The molecule has 0 unspecified atom stereocenters. The molecular formula is C18H21BrClNO2. The fraction of sp³-hybridized carbons (Fsp3) is 0.333. The molecule has 23 heavy (non-hydrogen) atoms. The summed E-state index contributed by atoms with van der Waals surface area (Å²) in [6, 6.07) is 11.5. The van der Waals surface area contributed by atoms with Crippen molar-refractivity contribution in [2.45, 2.75) is 26.7 Å². The van der Waals surface area contributed by atoms with E-state index in [0.29, 0.717) is 11.6 Å². The second kappa shape index (κ2) is 8.69. The van der Waals surface area contributed by atoms with Crippen LogP contribution in [-0.4, -0.2) is 23.6 Å². The van der Waals surface area contributed by atoms with E-state index in [9.17, 15) is 5.11 Å². The fourth-order valence-corrected chi connectivity index (χ4v) is 2.95. The fourth-order valence-electron chi connectivity index (χ4n) is 2.27. The van der Waals surface area contributed by atoms with Gasteiger partial charge in [0, 0.05) is 27.2 Å². The number of hydrogen-bond donors (Lipinski definition) is 1. The number of ether oxygens (including phenoxy) is 1. The standard InChI is InChI=1S/C18H21BrClNO2/c1-3-21(2)10-14-8-16(19)9-15(11-22)18(14)23-12-13-4-6-17(20)7-5-13/h4-9,22H,3,10-12H2,1-2H3. The minimum absolute atomic E-state index is 0.0573. The summed E-state index contributed by atoms with van der Waals surface area (Å²) in [6.45, 7) is 4.20. The Labute approximate surface area is 151 Å². The number of benzene rings is 2. The first-order valence-corrected chi connectivity index (χ1v) is 8.68. The van der Waals surface area contributed by atoms with Crippen LogP contribution in [0.3, 0.4) is 0 Å². The molecule has 2 aromatic rings. The lowest BCUT2D eigenvalue weighted by atomic mass is 10.1. The van der Waals surface area contributed by atoms with Crippen LogP contribution < -0.4 is 4.74 Å². The average Bonchev–Trinajstić information content (AvgIpc) is 2.54. The highest BCUT2D eigenvalue weighted by atomic mass is 79.9. The van der Waals surface area contributed by atoms with Crippen LogP contribution in [0.5, 0.6) is 5.75 Å². The van der Waals surface area contributed by atoms with Crippen molar-refractivity contribution in [2.75, 3.05) is 13.6 Å².